The molecule has 0 radical (unpaired) electrons. The van der Waals surface area contributed by atoms with E-state index < -0.39 is 22.0 Å². The van der Waals surface area contributed by atoms with Gasteiger partial charge in [0, 0.05) is 11.6 Å². The van der Waals surface area contributed by atoms with Gasteiger partial charge in [0.2, 0.25) is 10.0 Å². The van der Waals surface area contributed by atoms with Crippen molar-refractivity contribution in [1.82, 2.24) is 4.31 Å². The Labute approximate surface area is 157 Å². The quantitative estimate of drug-likeness (QED) is 0.748. The number of ether oxygens (including phenoxy) is 1. The average molecular weight is 392 g/mol. The fourth-order valence-electron chi connectivity index (χ4n) is 2.98. The lowest BCUT2D eigenvalue weighted by Crippen LogP contribution is -2.33. The maximum Gasteiger partial charge on any atom is 0.335 e. The van der Waals surface area contributed by atoms with E-state index in [9.17, 15) is 13.2 Å². The molecule has 0 aromatic heterocycles. The zero-order valence-corrected chi connectivity index (χ0v) is 15.9. The minimum absolute atomic E-state index is 0.0660. The smallest absolute Gasteiger partial charge is 0.335 e. The zero-order valence-electron chi connectivity index (χ0n) is 14.3. The highest BCUT2D eigenvalue weighted by Crippen LogP contribution is 2.40. The van der Waals surface area contributed by atoms with Crippen LogP contribution in [0.25, 0.3) is 0 Å². The van der Waals surface area contributed by atoms with Gasteiger partial charge >= 0.3 is 5.97 Å². The van der Waals surface area contributed by atoms with Crippen molar-refractivity contribution in [2.75, 3.05) is 13.7 Å². The first-order valence-electron chi connectivity index (χ1n) is 7.97. The molecule has 26 heavy (non-hydrogen) atoms. The Bertz CT molecular complexity index is 967. The van der Waals surface area contributed by atoms with Crippen molar-refractivity contribution in [3.63, 3.8) is 0 Å². The number of benzene rings is 2. The van der Waals surface area contributed by atoms with E-state index in [0.29, 0.717) is 10.6 Å². The summed E-state index contributed by atoms with van der Waals surface area (Å²) in [4.78, 5) is 12.4. The number of sulfonamides is 1. The van der Waals surface area contributed by atoms with Crippen molar-refractivity contribution in [2.45, 2.75) is 17.9 Å². The number of hydrogen-bond acceptors (Lipinski definition) is 4. The third-order valence-electron chi connectivity index (χ3n) is 4.32. The highest BCUT2D eigenvalue weighted by molar-refractivity contribution is 7.89. The van der Waals surface area contributed by atoms with Crippen LogP contribution in [0.15, 0.2) is 65.1 Å². The van der Waals surface area contributed by atoms with Crippen LogP contribution >= 0.6 is 11.6 Å². The maximum absolute atomic E-state index is 13.2. The molecule has 1 aliphatic rings. The molecule has 0 unspecified atom stereocenters. The maximum atomic E-state index is 13.2. The fraction of sp³-hybridized carbons (Fsp3) is 0.211. The summed E-state index contributed by atoms with van der Waals surface area (Å²) in [5.41, 5.74) is 1.76. The van der Waals surface area contributed by atoms with Crippen LogP contribution in [-0.2, 0) is 19.6 Å². The Kier molecular flexibility index (Phi) is 5.18. The van der Waals surface area contributed by atoms with Crippen LogP contribution in [0, 0.1) is 6.92 Å². The highest BCUT2D eigenvalue weighted by Gasteiger charge is 2.41. The summed E-state index contributed by atoms with van der Waals surface area (Å²) in [6, 6.07) is 12.7. The number of methoxy groups -OCH3 is 1. The summed E-state index contributed by atoms with van der Waals surface area (Å²) in [5.74, 6) is -0.573. The molecule has 2 aromatic rings. The Morgan fingerprint density at radius 3 is 2.42 bits per heavy atom. The van der Waals surface area contributed by atoms with Gasteiger partial charge in [0.25, 0.3) is 0 Å². The molecule has 136 valence electrons. The number of carbonyl (C=O) groups is 1. The minimum atomic E-state index is -3.83. The summed E-state index contributed by atoms with van der Waals surface area (Å²) < 4.78 is 32.5. The predicted octanol–water partition coefficient (Wildman–Crippen LogP) is 3.49. The Hall–Kier alpha value is -2.15. The Morgan fingerprint density at radius 1 is 1.15 bits per heavy atom. The van der Waals surface area contributed by atoms with E-state index in [1.54, 1.807) is 54.6 Å². The van der Waals surface area contributed by atoms with Gasteiger partial charge in [-0.2, -0.15) is 4.31 Å². The van der Waals surface area contributed by atoms with E-state index in [4.69, 9.17) is 16.3 Å². The molecule has 0 bridgehead atoms. The van der Waals surface area contributed by atoms with E-state index >= 15 is 0 Å². The van der Waals surface area contributed by atoms with Crippen molar-refractivity contribution < 1.29 is 17.9 Å². The van der Waals surface area contributed by atoms with E-state index in [2.05, 4.69) is 0 Å². The summed E-state index contributed by atoms with van der Waals surface area (Å²) in [7, 11) is -2.56. The van der Waals surface area contributed by atoms with Crippen molar-refractivity contribution in [3.05, 3.63) is 76.3 Å². The van der Waals surface area contributed by atoms with Gasteiger partial charge in [-0.1, -0.05) is 53.6 Å². The second-order valence-corrected chi connectivity index (χ2v) is 8.26. The first-order valence-corrected chi connectivity index (χ1v) is 9.79. The van der Waals surface area contributed by atoms with Crippen LogP contribution in [0.5, 0.6) is 0 Å². The lowest BCUT2D eigenvalue weighted by atomic mass is 10.0. The summed E-state index contributed by atoms with van der Waals surface area (Å²) in [6.45, 7) is 1.95. The molecule has 1 heterocycles. The van der Waals surface area contributed by atoms with Crippen LogP contribution in [0.2, 0.25) is 5.02 Å². The number of halogens is 1. The fourth-order valence-corrected chi connectivity index (χ4v) is 4.74. The summed E-state index contributed by atoms with van der Waals surface area (Å²) >= 11 is 6.30. The highest BCUT2D eigenvalue weighted by atomic mass is 35.5. The predicted molar refractivity (Wildman–Crippen MR) is 99.4 cm³/mol. The number of aryl methyl sites for hydroxylation is 1. The summed E-state index contributed by atoms with van der Waals surface area (Å²) in [5, 5.41) is 0.387. The molecule has 2 aromatic carbocycles. The van der Waals surface area contributed by atoms with Gasteiger partial charge in [-0.3, -0.25) is 0 Å². The van der Waals surface area contributed by atoms with E-state index in [0.717, 1.165) is 5.56 Å². The monoisotopic (exact) mass is 391 g/mol. The number of hydrogen-bond donors (Lipinski definition) is 0. The van der Waals surface area contributed by atoms with Gasteiger partial charge < -0.3 is 4.74 Å². The van der Waals surface area contributed by atoms with Crippen molar-refractivity contribution in [2.24, 2.45) is 0 Å². The van der Waals surface area contributed by atoms with Crippen LogP contribution < -0.4 is 0 Å². The molecule has 0 saturated carbocycles. The average Bonchev–Trinajstić information content (AvgIpc) is 3.07. The van der Waals surface area contributed by atoms with Crippen molar-refractivity contribution in [1.29, 1.82) is 0 Å². The Balaban J connectivity index is 2.10. The normalized spacial score (nSPS) is 17.8. The summed E-state index contributed by atoms with van der Waals surface area (Å²) in [6.07, 6.45) is 1.57. The van der Waals surface area contributed by atoms with Gasteiger partial charge in [-0.05, 0) is 30.7 Å². The molecule has 1 aliphatic heterocycles. The van der Waals surface area contributed by atoms with Gasteiger partial charge in [-0.15, -0.1) is 0 Å². The molecule has 3 rings (SSSR count). The topological polar surface area (TPSA) is 63.7 Å². The van der Waals surface area contributed by atoms with E-state index in [-0.39, 0.29) is 17.0 Å². The van der Waals surface area contributed by atoms with Gasteiger partial charge in [0.05, 0.1) is 23.6 Å². The number of rotatable bonds is 4. The van der Waals surface area contributed by atoms with Gasteiger partial charge in [0.15, 0.2) is 0 Å². The number of nitrogens with zero attached hydrogens (tertiary/aromatic N) is 1. The van der Waals surface area contributed by atoms with Crippen LogP contribution in [-0.4, -0.2) is 32.3 Å². The second kappa shape index (κ2) is 7.23. The van der Waals surface area contributed by atoms with E-state index in [1.807, 2.05) is 6.92 Å². The third-order valence-corrected chi connectivity index (χ3v) is 6.51. The van der Waals surface area contributed by atoms with Crippen LogP contribution in [0.1, 0.15) is 17.2 Å². The molecule has 0 amide bonds. The minimum Gasteiger partial charge on any atom is -0.466 e. The zero-order chi connectivity index (χ0) is 18.9. The SMILES string of the molecule is COC(=O)C1=CCN(S(=O)(=O)c2ccc(C)cc2)[C@@H]1c1ccccc1Cl. The molecule has 0 saturated heterocycles. The van der Waals surface area contributed by atoms with Crippen LogP contribution in [0.3, 0.4) is 0 Å². The molecule has 0 aliphatic carbocycles. The lowest BCUT2D eigenvalue weighted by Gasteiger charge is -2.27. The first kappa shape index (κ1) is 18.6. The van der Waals surface area contributed by atoms with Gasteiger partial charge in [-0.25, -0.2) is 13.2 Å². The molecule has 0 N–H and O–H groups in total. The number of esters is 1. The third kappa shape index (κ3) is 3.28. The van der Waals surface area contributed by atoms with E-state index in [1.165, 1.54) is 11.4 Å². The largest absolute Gasteiger partial charge is 0.466 e. The van der Waals surface area contributed by atoms with Crippen LogP contribution in [0.4, 0.5) is 0 Å². The number of carbonyl (C=O) groups excluding carboxylic acids is 1. The van der Waals surface area contributed by atoms with Crippen molar-refractivity contribution >= 4 is 27.6 Å². The molecule has 0 spiro atoms. The molecular weight excluding hydrogens is 374 g/mol. The molecular formula is C19H18ClNO4S. The second-order valence-electron chi connectivity index (χ2n) is 5.96. The first-order chi connectivity index (χ1) is 12.4. The molecule has 5 nitrogen and oxygen atoms in total. The molecule has 7 heteroatoms. The molecule has 1 atom stereocenters. The standard InChI is InChI=1S/C19H18ClNO4S/c1-13-7-9-14(10-8-13)26(23,24)21-12-11-16(19(22)25-2)18(21)15-5-3-4-6-17(15)20/h3-11,18H,12H2,1-2H3/t18-/m1/s1. The lowest BCUT2D eigenvalue weighted by molar-refractivity contribution is -0.136. The van der Waals surface area contributed by atoms with Gasteiger partial charge in [0.1, 0.15) is 0 Å². The Morgan fingerprint density at radius 2 is 1.81 bits per heavy atom. The van der Waals surface area contributed by atoms with Crippen molar-refractivity contribution in [3.8, 4) is 0 Å². The molecule has 0 fully saturated rings.